The highest BCUT2D eigenvalue weighted by molar-refractivity contribution is 9.09. The first-order chi connectivity index (χ1) is 9.80. The molecule has 0 spiro atoms. The summed E-state index contributed by atoms with van der Waals surface area (Å²) in [6.45, 7) is 6.50. The molecule has 3 rings (SSSR count). The molecule has 2 bridgehead atoms. The van der Waals surface area contributed by atoms with Gasteiger partial charge in [-0.1, -0.05) is 54.9 Å². The van der Waals surface area contributed by atoms with E-state index in [4.69, 9.17) is 0 Å². The minimum absolute atomic E-state index is 0.00169. The number of hydrogen-bond acceptors (Lipinski definition) is 3. The number of hydrogen-bond donors (Lipinski definition) is 1. The lowest BCUT2D eigenvalue weighted by Crippen LogP contribution is -2.42. The number of nitrogens with zero attached hydrogens (tertiary/aromatic N) is 1. The lowest BCUT2D eigenvalue weighted by molar-refractivity contribution is -0.131. The van der Waals surface area contributed by atoms with Gasteiger partial charge in [0.1, 0.15) is 10.7 Å². The van der Waals surface area contributed by atoms with Crippen molar-refractivity contribution in [2.24, 2.45) is 22.7 Å². The fourth-order valence-corrected chi connectivity index (χ4v) is 5.19. The van der Waals surface area contributed by atoms with Crippen LogP contribution in [0.2, 0.25) is 0 Å². The SMILES string of the molecule is CC1(C)[C@@H]2CC[C@]1(C)C(=O)[C@@H]2[C@H](Br)N(O)c1ccccc1. The Morgan fingerprint density at radius 2 is 1.90 bits per heavy atom. The maximum Gasteiger partial charge on any atom is 0.145 e. The summed E-state index contributed by atoms with van der Waals surface area (Å²) in [4.78, 5) is 12.5. The largest absolute Gasteiger partial charge is 0.299 e. The third-order valence-corrected chi connectivity index (χ3v) is 7.09. The van der Waals surface area contributed by atoms with Gasteiger partial charge in [-0.25, -0.2) is 5.06 Å². The highest BCUT2D eigenvalue weighted by Gasteiger charge is 2.67. The second-order valence-corrected chi connectivity index (χ2v) is 8.08. The Morgan fingerprint density at radius 1 is 1.29 bits per heavy atom. The first-order valence-electron chi connectivity index (χ1n) is 7.52. The van der Waals surface area contributed by atoms with Crippen molar-refractivity contribution in [3.63, 3.8) is 0 Å². The van der Waals surface area contributed by atoms with Gasteiger partial charge in [0.05, 0.1) is 11.6 Å². The Balaban J connectivity index is 1.90. The average Bonchev–Trinajstić information content (AvgIpc) is 2.79. The third-order valence-electron chi connectivity index (χ3n) is 6.14. The van der Waals surface area contributed by atoms with Gasteiger partial charge >= 0.3 is 0 Å². The fraction of sp³-hybridized carbons (Fsp3) is 0.588. The number of hydroxylamine groups is 1. The Bertz CT molecular complexity index is 559. The first-order valence-corrected chi connectivity index (χ1v) is 8.44. The summed E-state index contributed by atoms with van der Waals surface area (Å²) >= 11 is 3.58. The smallest absolute Gasteiger partial charge is 0.145 e. The second-order valence-electron chi connectivity index (χ2n) is 7.14. The van der Waals surface area contributed by atoms with Crippen molar-refractivity contribution in [1.82, 2.24) is 0 Å². The minimum atomic E-state index is -0.376. The van der Waals surface area contributed by atoms with Crippen LogP contribution in [0.4, 0.5) is 5.69 Å². The van der Waals surface area contributed by atoms with Crippen molar-refractivity contribution >= 4 is 27.4 Å². The van der Waals surface area contributed by atoms with Crippen LogP contribution in [0.25, 0.3) is 0 Å². The third kappa shape index (κ3) is 1.92. The van der Waals surface area contributed by atoms with Crippen molar-refractivity contribution < 1.29 is 10.0 Å². The van der Waals surface area contributed by atoms with Crippen molar-refractivity contribution in [2.45, 2.75) is 38.6 Å². The van der Waals surface area contributed by atoms with E-state index in [-0.39, 0.29) is 21.7 Å². The molecule has 2 aliphatic carbocycles. The molecule has 0 aliphatic heterocycles. The molecule has 0 unspecified atom stereocenters. The van der Waals surface area contributed by atoms with E-state index in [1.807, 2.05) is 30.3 Å². The number of benzene rings is 1. The molecule has 2 fully saturated rings. The Hall–Kier alpha value is -0.870. The summed E-state index contributed by atoms with van der Waals surface area (Å²) in [5.41, 5.74) is 0.447. The van der Waals surface area contributed by atoms with Crippen LogP contribution >= 0.6 is 15.9 Å². The van der Waals surface area contributed by atoms with Crippen LogP contribution in [0.3, 0.4) is 0 Å². The van der Waals surface area contributed by atoms with Crippen LogP contribution in [0.1, 0.15) is 33.6 Å². The number of para-hydroxylation sites is 1. The van der Waals surface area contributed by atoms with E-state index >= 15 is 0 Å². The lowest BCUT2D eigenvalue weighted by atomic mass is 9.70. The molecule has 0 heterocycles. The standard InChI is InChI=1S/C17H22BrNO2/c1-16(2)12-9-10-17(16,3)14(20)13(12)15(18)19(21)11-7-5-4-6-8-11/h4-8,12-13,15,21H,9-10H2,1-3H3/t12-,13-,15-,17-/m1/s1. The summed E-state index contributed by atoms with van der Waals surface area (Å²) < 4.78 is 0. The molecule has 2 saturated carbocycles. The topological polar surface area (TPSA) is 40.5 Å². The summed E-state index contributed by atoms with van der Waals surface area (Å²) in [5, 5.41) is 11.7. The van der Waals surface area contributed by atoms with Crippen molar-refractivity contribution in [2.75, 3.05) is 5.06 Å². The summed E-state index contributed by atoms with van der Waals surface area (Å²) in [7, 11) is 0. The van der Waals surface area contributed by atoms with Crippen molar-refractivity contribution in [3.05, 3.63) is 30.3 Å². The van der Waals surface area contributed by atoms with Crippen LogP contribution in [-0.2, 0) is 4.79 Å². The van der Waals surface area contributed by atoms with Crippen molar-refractivity contribution in [1.29, 1.82) is 0 Å². The Morgan fingerprint density at radius 3 is 2.43 bits per heavy atom. The Kier molecular flexibility index (Phi) is 3.45. The molecule has 1 aromatic rings. The molecular formula is C17H22BrNO2. The van der Waals surface area contributed by atoms with Gasteiger partial charge in [-0.15, -0.1) is 0 Å². The van der Waals surface area contributed by atoms with E-state index in [2.05, 4.69) is 36.7 Å². The molecular weight excluding hydrogens is 330 g/mol. The second kappa shape index (κ2) is 4.82. The maximum absolute atomic E-state index is 12.9. The summed E-state index contributed by atoms with van der Waals surface area (Å²) in [5.74, 6) is 0.447. The molecule has 3 nitrogen and oxygen atoms in total. The molecule has 2 aliphatic rings. The molecule has 1 N–H and O–H groups in total. The normalized spacial score (nSPS) is 35.0. The zero-order chi connectivity index (χ0) is 15.4. The van der Waals surface area contributed by atoms with Gasteiger partial charge in [-0.05, 0) is 36.3 Å². The zero-order valence-electron chi connectivity index (χ0n) is 12.7. The summed E-state index contributed by atoms with van der Waals surface area (Å²) in [6, 6.07) is 9.36. The molecule has 21 heavy (non-hydrogen) atoms. The zero-order valence-corrected chi connectivity index (χ0v) is 14.3. The van der Waals surface area contributed by atoms with E-state index in [9.17, 15) is 10.0 Å². The van der Waals surface area contributed by atoms with Crippen LogP contribution in [0, 0.1) is 22.7 Å². The molecule has 4 atom stereocenters. The van der Waals surface area contributed by atoms with Crippen LogP contribution in [0.15, 0.2) is 30.3 Å². The van der Waals surface area contributed by atoms with Crippen LogP contribution < -0.4 is 5.06 Å². The number of fused-ring (bicyclic) bond motifs is 2. The molecule has 0 saturated heterocycles. The highest BCUT2D eigenvalue weighted by atomic mass is 79.9. The molecule has 0 radical (unpaired) electrons. The van der Waals surface area contributed by atoms with E-state index in [1.54, 1.807) is 0 Å². The van der Waals surface area contributed by atoms with E-state index in [0.717, 1.165) is 12.8 Å². The first kappa shape index (κ1) is 15.0. The number of rotatable bonds is 3. The number of carbonyl (C=O) groups excluding carboxylic acids is 1. The average molecular weight is 352 g/mol. The number of ketones is 1. The van der Waals surface area contributed by atoms with Crippen LogP contribution in [0.5, 0.6) is 0 Å². The predicted molar refractivity (Wildman–Crippen MR) is 86.5 cm³/mol. The molecule has 4 heteroatoms. The molecule has 1 aromatic carbocycles. The number of Topliss-reactive ketones (excluding diaryl/α,β-unsaturated/α-hetero) is 1. The van der Waals surface area contributed by atoms with E-state index < -0.39 is 0 Å². The predicted octanol–water partition coefficient (Wildman–Crippen LogP) is 4.24. The van der Waals surface area contributed by atoms with Gasteiger partial charge < -0.3 is 0 Å². The fourth-order valence-electron chi connectivity index (χ4n) is 4.35. The quantitative estimate of drug-likeness (QED) is 0.502. The minimum Gasteiger partial charge on any atom is -0.299 e. The van der Waals surface area contributed by atoms with Gasteiger partial charge in [0, 0.05) is 5.41 Å². The van der Waals surface area contributed by atoms with Gasteiger partial charge in [-0.2, -0.15) is 0 Å². The van der Waals surface area contributed by atoms with Crippen LogP contribution in [-0.4, -0.2) is 15.9 Å². The maximum atomic E-state index is 12.9. The lowest BCUT2D eigenvalue weighted by Gasteiger charge is -2.33. The number of anilines is 1. The van der Waals surface area contributed by atoms with Crippen molar-refractivity contribution in [3.8, 4) is 0 Å². The molecule has 0 aromatic heterocycles. The highest BCUT2D eigenvalue weighted by Crippen LogP contribution is 2.66. The van der Waals surface area contributed by atoms with Gasteiger partial charge in [-0.3, -0.25) is 10.0 Å². The molecule has 114 valence electrons. The van der Waals surface area contributed by atoms with Gasteiger partial charge in [0.15, 0.2) is 0 Å². The van der Waals surface area contributed by atoms with Gasteiger partial charge in [0.25, 0.3) is 0 Å². The monoisotopic (exact) mass is 351 g/mol. The van der Waals surface area contributed by atoms with Gasteiger partial charge in [0.2, 0.25) is 0 Å². The Labute approximate surface area is 134 Å². The number of carbonyl (C=O) groups is 1. The van der Waals surface area contributed by atoms with E-state index in [0.29, 0.717) is 17.4 Å². The number of halogens is 1. The molecule has 0 amide bonds. The van der Waals surface area contributed by atoms with E-state index in [1.165, 1.54) is 5.06 Å². The number of alkyl halides is 1. The summed E-state index contributed by atoms with van der Waals surface area (Å²) in [6.07, 6.45) is 2.03.